The maximum absolute atomic E-state index is 13.7. The zero-order valence-corrected chi connectivity index (χ0v) is 18.3. The Labute approximate surface area is 176 Å². The van der Waals surface area contributed by atoms with Crippen molar-refractivity contribution in [2.75, 3.05) is 14.2 Å². The van der Waals surface area contributed by atoms with Crippen molar-refractivity contribution < 1.29 is 13.5 Å². The fourth-order valence-electron chi connectivity index (χ4n) is 2.55. The first-order valence-electron chi connectivity index (χ1n) is 8.44. The first-order valence-corrected chi connectivity index (χ1v) is 8.44. The van der Waals surface area contributed by atoms with Gasteiger partial charge in [0.1, 0.15) is 11.6 Å². The highest BCUT2D eigenvalue weighted by atomic mass is 127. The van der Waals surface area contributed by atoms with Gasteiger partial charge in [-0.15, -0.1) is 24.0 Å². The molecule has 1 unspecified atom stereocenters. The summed E-state index contributed by atoms with van der Waals surface area (Å²) in [4.78, 5) is 4.19. The van der Waals surface area contributed by atoms with Crippen LogP contribution in [0.1, 0.15) is 35.2 Å². The molecule has 7 heteroatoms. The summed E-state index contributed by atoms with van der Waals surface area (Å²) in [6.45, 7) is 4.37. The third kappa shape index (κ3) is 6.73. The normalized spacial score (nSPS) is 12.3. The van der Waals surface area contributed by atoms with Gasteiger partial charge in [-0.25, -0.2) is 8.78 Å². The minimum absolute atomic E-state index is 0. The van der Waals surface area contributed by atoms with E-state index >= 15 is 0 Å². The average Bonchev–Trinajstić information content (AvgIpc) is 2.63. The Balaban J connectivity index is 0.00000364. The molecule has 0 aliphatic heterocycles. The molecule has 0 aliphatic carbocycles. The summed E-state index contributed by atoms with van der Waals surface area (Å²) in [7, 11) is 3.20. The van der Waals surface area contributed by atoms with Gasteiger partial charge in [-0.1, -0.05) is 18.2 Å². The number of halogens is 3. The number of rotatable bonds is 6. The van der Waals surface area contributed by atoms with Crippen LogP contribution in [-0.2, 0) is 17.9 Å². The van der Waals surface area contributed by atoms with E-state index in [-0.39, 0.29) is 48.3 Å². The van der Waals surface area contributed by atoms with Crippen LogP contribution in [0.3, 0.4) is 0 Å². The van der Waals surface area contributed by atoms with E-state index in [1.165, 1.54) is 19.2 Å². The second-order valence-corrected chi connectivity index (χ2v) is 6.16. The lowest BCUT2D eigenvalue weighted by atomic mass is 10.1. The summed E-state index contributed by atoms with van der Waals surface area (Å²) in [6, 6.07) is 9.96. The number of guanidine groups is 1. The molecule has 2 aromatic rings. The number of aliphatic imine (C=N–C) groups is 1. The largest absolute Gasteiger partial charge is 0.380 e. The van der Waals surface area contributed by atoms with Crippen molar-refractivity contribution in [1.82, 2.24) is 10.6 Å². The molecule has 0 saturated heterocycles. The molecule has 27 heavy (non-hydrogen) atoms. The summed E-state index contributed by atoms with van der Waals surface area (Å²) < 4.78 is 32.4. The van der Waals surface area contributed by atoms with Crippen molar-refractivity contribution in [3.8, 4) is 0 Å². The topological polar surface area (TPSA) is 45.7 Å². The van der Waals surface area contributed by atoms with Crippen molar-refractivity contribution in [3.05, 3.63) is 70.3 Å². The van der Waals surface area contributed by atoms with Gasteiger partial charge in [0, 0.05) is 26.3 Å². The van der Waals surface area contributed by atoms with Crippen LogP contribution in [0.5, 0.6) is 0 Å². The highest BCUT2D eigenvalue weighted by Crippen LogP contribution is 2.16. The molecule has 148 valence electrons. The van der Waals surface area contributed by atoms with Crippen LogP contribution in [0, 0.1) is 18.6 Å². The maximum Gasteiger partial charge on any atom is 0.191 e. The lowest BCUT2D eigenvalue weighted by Crippen LogP contribution is -2.38. The third-order valence-electron chi connectivity index (χ3n) is 4.14. The van der Waals surface area contributed by atoms with Crippen LogP contribution in [0.4, 0.5) is 8.78 Å². The van der Waals surface area contributed by atoms with Crippen LogP contribution in [0.2, 0.25) is 0 Å². The first kappa shape index (κ1) is 23.3. The predicted molar refractivity (Wildman–Crippen MR) is 115 cm³/mol. The number of nitrogens with one attached hydrogen (secondary N) is 2. The quantitative estimate of drug-likeness (QED) is 0.358. The molecule has 0 fully saturated rings. The molecular weight excluding hydrogens is 463 g/mol. The number of benzene rings is 2. The number of ether oxygens (including phenoxy) is 1. The molecule has 0 spiro atoms. The summed E-state index contributed by atoms with van der Waals surface area (Å²) in [6.07, 6.45) is 0. The van der Waals surface area contributed by atoms with Gasteiger partial charge in [0.2, 0.25) is 0 Å². The lowest BCUT2D eigenvalue weighted by molar-refractivity contribution is 0.181. The Kier molecular flexibility index (Phi) is 9.65. The number of hydrogen-bond acceptors (Lipinski definition) is 2. The van der Waals surface area contributed by atoms with Crippen LogP contribution >= 0.6 is 24.0 Å². The molecule has 2 N–H and O–H groups in total. The van der Waals surface area contributed by atoms with Crippen LogP contribution in [0.25, 0.3) is 0 Å². The zero-order valence-electron chi connectivity index (χ0n) is 16.0. The Hall–Kier alpha value is -1.74. The first-order chi connectivity index (χ1) is 12.4. The monoisotopic (exact) mass is 489 g/mol. The van der Waals surface area contributed by atoms with Gasteiger partial charge >= 0.3 is 0 Å². The molecule has 0 heterocycles. The maximum atomic E-state index is 13.7. The summed E-state index contributed by atoms with van der Waals surface area (Å²) in [5, 5.41) is 6.41. The van der Waals surface area contributed by atoms with Crippen molar-refractivity contribution in [2.45, 2.75) is 33.0 Å². The van der Waals surface area contributed by atoms with Gasteiger partial charge in [0.05, 0.1) is 12.6 Å². The van der Waals surface area contributed by atoms with E-state index in [0.717, 1.165) is 11.1 Å². The SMILES string of the molecule is CN=C(NCc1ccc(F)c(COC)c1)NC(C)c1ccc(C)c(F)c1.I. The highest BCUT2D eigenvalue weighted by Gasteiger charge is 2.10. The van der Waals surface area contributed by atoms with E-state index in [1.54, 1.807) is 32.2 Å². The van der Waals surface area contributed by atoms with E-state index in [9.17, 15) is 8.78 Å². The Bertz CT molecular complexity index is 784. The number of methoxy groups -OCH3 is 1. The summed E-state index contributed by atoms with van der Waals surface area (Å²) in [5.74, 6) is 0.0697. The minimum atomic E-state index is -0.284. The molecule has 2 rings (SSSR count). The van der Waals surface area contributed by atoms with E-state index in [0.29, 0.717) is 23.6 Å². The summed E-state index contributed by atoms with van der Waals surface area (Å²) in [5.41, 5.74) is 2.88. The molecule has 2 aromatic carbocycles. The second-order valence-electron chi connectivity index (χ2n) is 6.16. The molecule has 0 aromatic heterocycles. The van der Waals surface area contributed by atoms with Crippen LogP contribution in [-0.4, -0.2) is 20.1 Å². The zero-order chi connectivity index (χ0) is 19.1. The van der Waals surface area contributed by atoms with Gasteiger partial charge in [0.15, 0.2) is 5.96 Å². The van der Waals surface area contributed by atoms with E-state index in [4.69, 9.17) is 4.74 Å². The Morgan fingerprint density at radius 1 is 1.15 bits per heavy atom. The average molecular weight is 489 g/mol. The molecule has 0 bridgehead atoms. The molecule has 4 nitrogen and oxygen atoms in total. The standard InChI is InChI=1S/C20H25F2N3O.HI/c1-13-5-7-16(10-19(13)22)14(2)25-20(23-3)24-11-15-6-8-18(21)17(9-15)12-26-4;/h5-10,14H,11-12H2,1-4H3,(H2,23,24,25);1H. The molecule has 0 radical (unpaired) electrons. The molecule has 0 aliphatic rings. The molecule has 0 amide bonds. The van der Waals surface area contributed by atoms with Crippen molar-refractivity contribution >= 4 is 29.9 Å². The smallest absolute Gasteiger partial charge is 0.191 e. The Morgan fingerprint density at radius 2 is 1.89 bits per heavy atom. The van der Waals surface area contributed by atoms with Crippen LogP contribution < -0.4 is 10.6 Å². The third-order valence-corrected chi connectivity index (χ3v) is 4.14. The highest BCUT2D eigenvalue weighted by molar-refractivity contribution is 14.0. The van der Waals surface area contributed by atoms with Gasteiger partial charge in [-0.3, -0.25) is 4.99 Å². The molecule has 0 saturated carbocycles. The molecule has 1 atom stereocenters. The van der Waals surface area contributed by atoms with Crippen molar-refractivity contribution in [1.29, 1.82) is 0 Å². The number of aryl methyl sites for hydroxylation is 1. The summed E-state index contributed by atoms with van der Waals surface area (Å²) >= 11 is 0. The number of hydrogen-bond donors (Lipinski definition) is 2. The van der Waals surface area contributed by atoms with E-state index < -0.39 is 0 Å². The fourth-order valence-corrected chi connectivity index (χ4v) is 2.55. The number of nitrogens with zero attached hydrogens (tertiary/aromatic N) is 1. The van der Waals surface area contributed by atoms with Crippen LogP contribution in [0.15, 0.2) is 41.4 Å². The fraction of sp³-hybridized carbons (Fsp3) is 0.350. The molecular formula is C20H26F2IN3O. The van der Waals surface area contributed by atoms with Crippen molar-refractivity contribution in [3.63, 3.8) is 0 Å². The van der Waals surface area contributed by atoms with E-state index in [2.05, 4.69) is 15.6 Å². The van der Waals surface area contributed by atoms with Gasteiger partial charge in [-0.2, -0.15) is 0 Å². The second kappa shape index (κ2) is 11.2. The van der Waals surface area contributed by atoms with Gasteiger partial charge < -0.3 is 15.4 Å². The van der Waals surface area contributed by atoms with Gasteiger partial charge in [0.25, 0.3) is 0 Å². The predicted octanol–water partition coefficient (Wildman–Crippen LogP) is 4.46. The van der Waals surface area contributed by atoms with E-state index in [1.807, 2.05) is 13.0 Å². The minimum Gasteiger partial charge on any atom is -0.380 e. The lowest BCUT2D eigenvalue weighted by Gasteiger charge is -2.19. The van der Waals surface area contributed by atoms with Gasteiger partial charge in [-0.05, 0) is 48.7 Å². The Morgan fingerprint density at radius 3 is 2.52 bits per heavy atom. The van der Waals surface area contributed by atoms with Crippen molar-refractivity contribution in [2.24, 2.45) is 4.99 Å².